The van der Waals surface area contributed by atoms with Gasteiger partial charge in [0.2, 0.25) is 20.0 Å². The van der Waals surface area contributed by atoms with Crippen molar-refractivity contribution in [1.82, 2.24) is 4.31 Å². The predicted octanol–water partition coefficient (Wildman–Crippen LogP) is -0.257. The Hall–Kier alpha value is -1.00. The van der Waals surface area contributed by atoms with Gasteiger partial charge in [-0.1, -0.05) is 0 Å². The van der Waals surface area contributed by atoms with Gasteiger partial charge in [0, 0.05) is 13.7 Å². The Labute approximate surface area is 118 Å². The van der Waals surface area contributed by atoms with Gasteiger partial charge in [-0.2, -0.15) is 4.31 Å². The number of nitrogens with two attached hydrogens (primary N) is 1. The second kappa shape index (κ2) is 5.41. The van der Waals surface area contributed by atoms with Crippen molar-refractivity contribution in [2.45, 2.75) is 22.3 Å². The van der Waals surface area contributed by atoms with E-state index < -0.39 is 20.0 Å². The Morgan fingerprint density at radius 2 is 1.70 bits per heavy atom. The highest BCUT2D eigenvalue weighted by Gasteiger charge is 2.30. The summed E-state index contributed by atoms with van der Waals surface area (Å²) in [7, 11) is -6.01. The summed E-state index contributed by atoms with van der Waals surface area (Å²) in [6.45, 7) is 0.903. The minimum Gasteiger partial charge on any atom is -0.380 e. The van der Waals surface area contributed by atoms with E-state index in [2.05, 4.69) is 0 Å². The van der Waals surface area contributed by atoms with Crippen LogP contribution in [0.5, 0.6) is 0 Å². The van der Waals surface area contributed by atoms with E-state index in [0.717, 1.165) is 0 Å². The molecule has 0 saturated carbocycles. The summed E-state index contributed by atoms with van der Waals surface area (Å²) in [6.07, 6.45) is 0.644. The van der Waals surface area contributed by atoms with Crippen molar-refractivity contribution < 1.29 is 21.6 Å². The zero-order chi connectivity index (χ0) is 15.0. The van der Waals surface area contributed by atoms with Crippen LogP contribution in [0.1, 0.15) is 6.42 Å². The van der Waals surface area contributed by atoms with Crippen LogP contribution in [-0.4, -0.2) is 47.4 Å². The second-order valence-corrected chi connectivity index (χ2v) is 8.11. The Bertz CT molecular complexity index is 676. The molecule has 0 bridgehead atoms. The van der Waals surface area contributed by atoms with Crippen LogP contribution in [0.4, 0.5) is 0 Å². The number of ether oxygens (including phenoxy) is 1. The number of sulfonamides is 2. The van der Waals surface area contributed by atoms with Crippen molar-refractivity contribution in [1.29, 1.82) is 0 Å². The molecule has 0 amide bonds. The number of primary sulfonamides is 1. The number of benzene rings is 1. The van der Waals surface area contributed by atoms with Gasteiger partial charge >= 0.3 is 0 Å². The summed E-state index contributed by atoms with van der Waals surface area (Å²) in [4.78, 5) is -0.0948. The summed E-state index contributed by atoms with van der Waals surface area (Å²) in [5.41, 5.74) is 0. The van der Waals surface area contributed by atoms with Crippen molar-refractivity contribution in [2.75, 3.05) is 20.3 Å². The minimum atomic E-state index is -3.83. The van der Waals surface area contributed by atoms with Gasteiger partial charge in [0.1, 0.15) is 0 Å². The molecule has 2 N–H and O–H groups in total. The lowest BCUT2D eigenvalue weighted by molar-refractivity contribution is 0.181. The topological polar surface area (TPSA) is 107 Å². The van der Waals surface area contributed by atoms with E-state index in [1.807, 2.05) is 0 Å². The van der Waals surface area contributed by atoms with Gasteiger partial charge in [0.05, 0.1) is 22.4 Å². The predicted molar refractivity (Wildman–Crippen MR) is 72.0 cm³/mol. The number of rotatable bonds is 4. The smallest absolute Gasteiger partial charge is 0.243 e. The van der Waals surface area contributed by atoms with Crippen molar-refractivity contribution in [3.63, 3.8) is 0 Å². The molecule has 1 heterocycles. The van der Waals surface area contributed by atoms with Gasteiger partial charge in [0.15, 0.2) is 0 Å². The summed E-state index contributed by atoms with van der Waals surface area (Å²) in [5, 5.41) is 4.97. The van der Waals surface area contributed by atoms with Crippen LogP contribution >= 0.6 is 0 Å². The third kappa shape index (κ3) is 3.01. The number of hydrogen-bond donors (Lipinski definition) is 1. The van der Waals surface area contributed by atoms with Crippen molar-refractivity contribution in [3.8, 4) is 0 Å². The van der Waals surface area contributed by atoms with E-state index in [0.29, 0.717) is 19.6 Å². The van der Waals surface area contributed by atoms with Gasteiger partial charge in [0.25, 0.3) is 0 Å². The zero-order valence-electron chi connectivity index (χ0n) is 10.9. The molecular weight excluding hydrogens is 304 g/mol. The monoisotopic (exact) mass is 320 g/mol. The summed E-state index contributed by atoms with van der Waals surface area (Å²) < 4.78 is 53.4. The minimum absolute atomic E-state index is 0.0271. The van der Waals surface area contributed by atoms with E-state index in [-0.39, 0.29) is 15.8 Å². The van der Waals surface area contributed by atoms with E-state index in [1.165, 1.54) is 35.6 Å². The maximum Gasteiger partial charge on any atom is 0.243 e. The molecule has 0 aliphatic carbocycles. The molecule has 1 fully saturated rings. The molecule has 1 unspecified atom stereocenters. The SMILES string of the molecule is CN(C1CCOC1)S(=O)(=O)c1ccc(S(N)(=O)=O)cc1. The van der Waals surface area contributed by atoms with E-state index in [9.17, 15) is 16.8 Å². The van der Waals surface area contributed by atoms with Gasteiger partial charge in [-0.15, -0.1) is 0 Å². The number of hydrogen-bond acceptors (Lipinski definition) is 5. The fraction of sp³-hybridized carbons (Fsp3) is 0.455. The highest BCUT2D eigenvalue weighted by molar-refractivity contribution is 7.89. The molecule has 2 rings (SSSR count). The lowest BCUT2D eigenvalue weighted by atomic mass is 10.3. The number of likely N-dealkylation sites (N-methyl/N-ethyl adjacent to an activating group) is 1. The highest BCUT2D eigenvalue weighted by atomic mass is 32.2. The van der Waals surface area contributed by atoms with Crippen LogP contribution < -0.4 is 5.14 Å². The standard InChI is InChI=1S/C11H16N2O5S2/c1-13(9-6-7-18-8-9)20(16,17)11-4-2-10(3-5-11)19(12,14)15/h2-5,9H,6-8H2,1H3,(H2,12,14,15). The third-order valence-electron chi connectivity index (χ3n) is 3.25. The average molecular weight is 320 g/mol. The lowest BCUT2D eigenvalue weighted by Gasteiger charge is -2.22. The molecule has 0 aromatic heterocycles. The maximum absolute atomic E-state index is 12.4. The van der Waals surface area contributed by atoms with Gasteiger partial charge in [-0.25, -0.2) is 22.0 Å². The van der Waals surface area contributed by atoms with Crippen LogP contribution in [0.25, 0.3) is 0 Å². The molecule has 20 heavy (non-hydrogen) atoms. The number of nitrogens with zero attached hydrogens (tertiary/aromatic N) is 1. The molecule has 112 valence electrons. The zero-order valence-corrected chi connectivity index (χ0v) is 12.5. The molecular formula is C11H16N2O5S2. The van der Waals surface area contributed by atoms with Gasteiger partial charge in [-0.3, -0.25) is 0 Å². The summed E-state index contributed by atoms with van der Waals surface area (Å²) >= 11 is 0. The van der Waals surface area contributed by atoms with Gasteiger partial charge in [-0.05, 0) is 30.7 Å². The van der Waals surface area contributed by atoms with Crippen LogP contribution in [-0.2, 0) is 24.8 Å². The first-order valence-electron chi connectivity index (χ1n) is 5.91. The molecule has 9 heteroatoms. The van der Waals surface area contributed by atoms with E-state index in [4.69, 9.17) is 9.88 Å². The lowest BCUT2D eigenvalue weighted by Crippen LogP contribution is -2.37. The fourth-order valence-electron chi connectivity index (χ4n) is 1.97. The van der Waals surface area contributed by atoms with Crippen LogP contribution in [0.2, 0.25) is 0 Å². The average Bonchev–Trinajstić information content (AvgIpc) is 2.90. The molecule has 0 radical (unpaired) electrons. The van der Waals surface area contributed by atoms with Crippen molar-refractivity contribution in [3.05, 3.63) is 24.3 Å². The third-order valence-corrected chi connectivity index (χ3v) is 6.10. The Balaban J connectivity index is 2.30. The molecule has 1 aliphatic rings. The first kappa shape index (κ1) is 15.4. The molecule has 1 saturated heterocycles. The Morgan fingerprint density at radius 3 is 2.15 bits per heavy atom. The first-order valence-corrected chi connectivity index (χ1v) is 8.90. The maximum atomic E-state index is 12.4. The normalized spacial score (nSPS) is 20.4. The molecule has 0 spiro atoms. The molecule has 1 aromatic rings. The fourth-order valence-corrected chi connectivity index (χ4v) is 3.86. The van der Waals surface area contributed by atoms with E-state index >= 15 is 0 Å². The first-order chi connectivity index (χ1) is 9.23. The van der Waals surface area contributed by atoms with E-state index in [1.54, 1.807) is 0 Å². The van der Waals surface area contributed by atoms with Crippen LogP contribution in [0.15, 0.2) is 34.1 Å². The second-order valence-electron chi connectivity index (χ2n) is 4.56. The quantitative estimate of drug-likeness (QED) is 0.823. The molecule has 1 aliphatic heterocycles. The molecule has 7 nitrogen and oxygen atoms in total. The summed E-state index contributed by atoms with van der Waals surface area (Å²) in [6, 6.07) is 4.64. The molecule has 1 atom stereocenters. The van der Waals surface area contributed by atoms with Crippen LogP contribution in [0.3, 0.4) is 0 Å². The van der Waals surface area contributed by atoms with Crippen LogP contribution in [0, 0.1) is 0 Å². The highest BCUT2D eigenvalue weighted by Crippen LogP contribution is 2.21. The van der Waals surface area contributed by atoms with Gasteiger partial charge < -0.3 is 4.74 Å². The Kier molecular flexibility index (Phi) is 4.17. The molecule has 1 aromatic carbocycles. The largest absolute Gasteiger partial charge is 0.380 e. The Morgan fingerprint density at radius 1 is 1.15 bits per heavy atom. The van der Waals surface area contributed by atoms with Crippen molar-refractivity contribution in [2.24, 2.45) is 5.14 Å². The van der Waals surface area contributed by atoms with Crippen molar-refractivity contribution >= 4 is 20.0 Å². The summed E-state index contributed by atoms with van der Waals surface area (Å²) in [5.74, 6) is 0.